The number of fused-ring (bicyclic) bond motifs is 3. The highest BCUT2D eigenvalue weighted by Gasteiger charge is 2.17. The highest BCUT2D eigenvalue weighted by Crippen LogP contribution is 2.39. The molecule has 2 heterocycles. The second-order valence-corrected chi connectivity index (χ2v) is 7.39. The molecule has 0 saturated carbocycles. The van der Waals surface area contributed by atoms with Crippen LogP contribution < -0.4 is 10.4 Å². The summed E-state index contributed by atoms with van der Waals surface area (Å²) in [4.78, 5) is 12.3. The fourth-order valence-electron chi connectivity index (χ4n) is 3.56. The number of aryl methyl sites for hydroxylation is 2. The van der Waals surface area contributed by atoms with Gasteiger partial charge in [-0.3, -0.25) is 0 Å². The van der Waals surface area contributed by atoms with Crippen LogP contribution in [0.1, 0.15) is 11.1 Å². The Bertz CT molecular complexity index is 1460. The third kappa shape index (κ3) is 2.86. The molecule has 0 saturated heterocycles. The molecule has 0 bridgehead atoms. The van der Waals surface area contributed by atoms with Crippen LogP contribution in [0.5, 0.6) is 5.75 Å². The van der Waals surface area contributed by atoms with E-state index in [0.717, 1.165) is 27.5 Å². The van der Waals surface area contributed by atoms with Crippen molar-refractivity contribution in [2.24, 2.45) is 7.05 Å². The molecule has 30 heavy (non-hydrogen) atoms. The molecule has 0 fully saturated rings. The first-order valence-electron chi connectivity index (χ1n) is 9.35. The minimum atomic E-state index is -0.328. The second-order valence-electron chi connectivity index (χ2n) is 7.01. The van der Waals surface area contributed by atoms with E-state index in [1.165, 1.54) is 9.36 Å². The normalized spacial score (nSPS) is 11.4. The lowest BCUT2D eigenvalue weighted by molar-refractivity contribution is 0.305. The summed E-state index contributed by atoms with van der Waals surface area (Å²) in [7, 11) is 1.56. The molecule has 0 atom stereocenters. The van der Waals surface area contributed by atoms with Crippen LogP contribution >= 0.6 is 11.6 Å². The molecule has 0 unspecified atom stereocenters. The van der Waals surface area contributed by atoms with Crippen LogP contribution in [0.15, 0.2) is 63.8 Å². The number of para-hydroxylation sites is 1. The zero-order chi connectivity index (χ0) is 20.8. The van der Waals surface area contributed by atoms with E-state index in [9.17, 15) is 4.79 Å². The molecule has 0 N–H and O–H groups in total. The summed E-state index contributed by atoms with van der Waals surface area (Å²) in [5.41, 5.74) is 3.57. The summed E-state index contributed by atoms with van der Waals surface area (Å²) in [5, 5.41) is 9.99. The van der Waals surface area contributed by atoms with Crippen LogP contribution in [0.4, 0.5) is 0 Å². The van der Waals surface area contributed by atoms with Crippen molar-refractivity contribution in [1.29, 1.82) is 0 Å². The first kappa shape index (κ1) is 18.4. The monoisotopic (exact) mass is 420 g/mol. The lowest BCUT2D eigenvalue weighted by Gasteiger charge is -2.14. The Morgan fingerprint density at radius 3 is 2.67 bits per heavy atom. The van der Waals surface area contributed by atoms with Crippen LogP contribution in [0.3, 0.4) is 0 Å². The van der Waals surface area contributed by atoms with Gasteiger partial charge in [0, 0.05) is 18.0 Å². The van der Waals surface area contributed by atoms with E-state index in [1.54, 1.807) is 13.1 Å². The summed E-state index contributed by atoms with van der Waals surface area (Å²) in [5.74, 6) is 0.538. The standard InChI is InChI=1S/C22H17ClN4O3/c1-13-6-5-8-16(27-22(28)26(2)24-25-27)15(13)12-29-19-11-10-18-20(21(19)23)14-7-3-4-9-17(14)30-18/h3-11H,12H2,1-2H3. The number of rotatable bonds is 4. The molecule has 0 radical (unpaired) electrons. The maximum absolute atomic E-state index is 12.3. The van der Waals surface area contributed by atoms with Gasteiger partial charge in [-0.05, 0) is 47.2 Å². The number of ether oxygens (including phenoxy) is 1. The molecule has 0 aliphatic heterocycles. The van der Waals surface area contributed by atoms with Crippen molar-refractivity contribution in [2.45, 2.75) is 13.5 Å². The van der Waals surface area contributed by atoms with Gasteiger partial charge in [-0.2, -0.15) is 9.36 Å². The van der Waals surface area contributed by atoms with Crippen molar-refractivity contribution >= 4 is 33.5 Å². The Hall–Kier alpha value is -3.58. The van der Waals surface area contributed by atoms with Crippen molar-refractivity contribution in [3.63, 3.8) is 0 Å². The molecule has 5 rings (SSSR count). The van der Waals surface area contributed by atoms with E-state index in [4.69, 9.17) is 20.8 Å². The van der Waals surface area contributed by atoms with E-state index in [0.29, 0.717) is 22.0 Å². The number of tetrazole rings is 1. The van der Waals surface area contributed by atoms with Crippen molar-refractivity contribution in [2.75, 3.05) is 0 Å². The molecular weight excluding hydrogens is 404 g/mol. The Labute approximate surface area is 176 Å². The van der Waals surface area contributed by atoms with Crippen LogP contribution in [0.2, 0.25) is 5.02 Å². The maximum atomic E-state index is 12.3. The number of nitrogens with zero attached hydrogens (tertiary/aromatic N) is 4. The summed E-state index contributed by atoms with van der Waals surface area (Å²) < 4.78 is 14.4. The van der Waals surface area contributed by atoms with Crippen LogP contribution in [-0.4, -0.2) is 19.8 Å². The van der Waals surface area contributed by atoms with E-state index in [1.807, 2.05) is 55.5 Å². The van der Waals surface area contributed by atoms with E-state index < -0.39 is 0 Å². The average molecular weight is 421 g/mol. The number of aromatic nitrogens is 4. The molecule has 8 heteroatoms. The molecule has 5 aromatic rings. The van der Waals surface area contributed by atoms with Crippen LogP contribution in [-0.2, 0) is 13.7 Å². The van der Waals surface area contributed by atoms with Gasteiger partial charge in [0.1, 0.15) is 23.5 Å². The second kappa shape index (κ2) is 7.03. The number of furan rings is 1. The zero-order valence-corrected chi connectivity index (χ0v) is 17.1. The zero-order valence-electron chi connectivity index (χ0n) is 16.3. The van der Waals surface area contributed by atoms with Gasteiger partial charge in [-0.1, -0.05) is 41.9 Å². The first-order valence-corrected chi connectivity index (χ1v) is 9.73. The summed E-state index contributed by atoms with van der Waals surface area (Å²) in [6.07, 6.45) is 0. The number of hydrogen-bond donors (Lipinski definition) is 0. The molecule has 0 spiro atoms. The summed E-state index contributed by atoms with van der Waals surface area (Å²) in [6.45, 7) is 2.17. The van der Waals surface area contributed by atoms with Crippen LogP contribution in [0, 0.1) is 6.92 Å². The summed E-state index contributed by atoms with van der Waals surface area (Å²) >= 11 is 6.69. The Morgan fingerprint density at radius 1 is 1.03 bits per heavy atom. The molecule has 0 aliphatic rings. The molecule has 2 aromatic heterocycles. The SMILES string of the molecule is Cc1cccc(-n2nnn(C)c2=O)c1COc1ccc2oc3ccccc3c2c1Cl. The lowest BCUT2D eigenvalue weighted by Crippen LogP contribution is -2.23. The number of halogens is 1. The molecule has 0 aliphatic carbocycles. The molecule has 7 nitrogen and oxygen atoms in total. The van der Waals surface area contributed by atoms with Gasteiger partial charge in [0.25, 0.3) is 0 Å². The van der Waals surface area contributed by atoms with Gasteiger partial charge in [0.15, 0.2) is 0 Å². The van der Waals surface area contributed by atoms with Crippen LogP contribution in [0.25, 0.3) is 27.6 Å². The molecule has 150 valence electrons. The van der Waals surface area contributed by atoms with Crippen molar-refractivity contribution in [3.8, 4) is 11.4 Å². The molecular formula is C22H17ClN4O3. The Kier molecular flexibility index (Phi) is 4.33. The quantitative estimate of drug-likeness (QED) is 0.430. The van der Waals surface area contributed by atoms with Gasteiger partial charge >= 0.3 is 5.69 Å². The Morgan fingerprint density at radius 2 is 1.87 bits per heavy atom. The number of benzene rings is 3. The molecule has 0 amide bonds. The fraction of sp³-hybridized carbons (Fsp3) is 0.136. The minimum absolute atomic E-state index is 0.214. The minimum Gasteiger partial charge on any atom is -0.487 e. The third-order valence-electron chi connectivity index (χ3n) is 5.15. The van der Waals surface area contributed by atoms with E-state index >= 15 is 0 Å². The van der Waals surface area contributed by atoms with E-state index in [2.05, 4.69) is 10.4 Å². The maximum Gasteiger partial charge on any atom is 0.368 e. The van der Waals surface area contributed by atoms with Gasteiger partial charge in [0.05, 0.1) is 16.1 Å². The van der Waals surface area contributed by atoms with Gasteiger partial charge < -0.3 is 9.15 Å². The number of hydrogen-bond acceptors (Lipinski definition) is 5. The van der Waals surface area contributed by atoms with Crippen molar-refractivity contribution in [3.05, 3.63) is 81.2 Å². The van der Waals surface area contributed by atoms with Gasteiger partial charge in [-0.25, -0.2) is 4.79 Å². The third-order valence-corrected chi connectivity index (χ3v) is 5.53. The predicted molar refractivity (Wildman–Crippen MR) is 114 cm³/mol. The highest BCUT2D eigenvalue weighted by molar-refractivity contribution is 6.39. The topological polar surface area (TPSA) is 75.1 Å². The smallest absolute Gasteiger partial charge is 0.368 e. The average Bonchev–Trinajstić information content (AvgIpc) is 3.29. The largest absolute Gasteiger partial charge is 0.487 e. The summed E-state index contributed by atoms with van der Waals surface area (Å²) in [6, 6.07) is 17.0. The lowest BCUT2D eigenvalue weighted by atomic mass is 10.1. The van der Waals surface area contributed by atoms with Crippen molar-refractivity contribution in [1.82, 2.24) is 19.8 Å². The highest BCUT2D eigenvalue weighted by atomic mass is 35.5. The molecule has 3 aromatic carbocycles. The Balaban J connectivity index is 1.55. The first-order chi connectivity index (χ1) is 14.5. The predicted octanol–water partition coefficient (Wildman–Crippen LogP) is 4.41. The fourth-order valence-corrected chi connectivity index (χ4v) is 3.87. The van der Waals surface area contributed by atoms with E-state index in [-0.39, 0.29) is 12.3 Å². The van der Waals surface area contributed by atoms with Crippen molar-refractivity contribution < 1.29 is 9.15 Å². The van der Waals surface area contributed by atoms with Gasteiger partial charge in [-0.15, -0.1) is 0 Å². The van der Waals surface area contributed by atoms with Gasteiger partial charge in [0.2, 0.25) is 0 Å².